The van der Waals surface area contributed by atoms with Gasteiger partial charge in [0.2, 0.25) is 35.4 Å². The fourth-order valence-corrected chi connectivity index (χ4v) is 6.12. The van der Waals surface area contributed by atoms with E-state index in [2.05, 4.69) is 26.6 Å². The van der Waals surface area contributed by atoms with E-state index in [4.69, 9.17) is 16.6 Å². The van der Waals surface area contributed by atoms with Gasteiger partial charge in [-0.15, -0.1) is 0 Å². The summed E-state index contributed by atoms with van der Waals surface area (Å²) in [5.41, 5.74) is 12.0. The molecule has 1 aromatic rings. The van der Waals surface area contributed by atoms with Crippen LogP contribution in [0.2, 0.25) is 0 Å². The van der Waals surface area contributed by atoms with Gasteiger partial charge < -0.3 is 58.3 Å². The van der Waals surface area contributed by atoms with Gasteiger partial charge in [0, 0.05) is 19.4 Å². The van der Waals surface area contributed by atoms with Crippen molar-refractivity contribution in [3.05, 3.63) is 35.9 Å². The van der Waals surface area contributed by atoms with Crippen molar-refractivity contribution in [2.45, 2.75) is 114 Å². The van der Waals surface area contributed by atoms with E-state index in [-0.39, 0.29) is 44.6 Å². The van der Waals surface area contributed by atoms with Crippen molar-refractivity contribution in [2.75, 3.05) is 19.6 Å². The van der Waals surface area contributed by atoms with E-state index in [0.29, 0.717) is 31.4 Å². The van der Waals surface area contributed by atoms with Crippen molar-refractivity contribution in [1.29, 1.82) is 0 Å². The molecular formula is C37H56N8O12. The van der Waals surface area contributed by atoms with E-state index >= 15 is 0 Å². The number of nitrogens with one attached hydrogen (secondary N) is 5. The molecule has 1 aromatic carbocycles. The second-order valence-corrected chi connectivity index (χ2v) is 14.3. The summed E-state index contributed by atoms with van der Waals surface area (Å²) in [6.07, 6.45) is 0.224. The van der Waals surface area contributed by atoms with Crippen LogP contribution >= 0.6 is 0 Å². The first-order valence-electron chi connectivity index (χ1n) is 18.9. The number of rotatable bonds is 25. The van der Waals surface area contributed by atoms with Gasteiger partial charge in [-0.2, -0.15) is 0 Å². The lowest BCUT2D eigenvalue weighted by Gasteiger charge is -2.28. The van der Waals surface area contributed by atoms with Gasteiger partial charge in [-0.25, -0.2) is 4.79 Å². The normalized spacial score (nSPS) is 16.3. The summed E-state index contributed by atoms with van der Waals surface area (Å²) in [4.78, 5) is 115. The summed E-state index contributed by atoms with van der Waals surface area (Å²) in [5, 5.41) is 40.2. The summed E-state index contributed by atoms with van der Waals surface area (Å²) < 4.78 is 0. The van der Waals surface area contributed by atoms with Crippen LogP contribution in [0.15, 0.2) is 30.3 Å². The second-order valence-electron chi connectivity index (χ2n) is 14.3. The van der Waals surface area contributed by atoms with Crippen LogP contribution < -0.4 is 38.1 Å². The highest BCUT2D eigenvalue weighted by molar-refractivity contribution is 5.97. The van der Waals surface area contributed by atoms with Crippen molar-refractivity contribution in [2.24, 2.45) is 17.4 Å². The fourth-order valence-electron chi connectivity index (χ4n) is 6.12. The molecular weight excluding hydrogens is 748 g/mol. The molecule has 0 spiro atoms. The van der Waals surface area contributed by atoms with Gasteiger partial charge in [-0.1, -0.05) is 44.2 Å². The number of carboxylic acid groups (broad SMARTS) is 3. The third-order valence-electron chi connectivity index (χ3n) is 9.12. The fraction of sp³-hybridized carbons (Fsp3) is 0.595. The Morgan fingerprint density at radius 1 is 0.772 bits per heavy atom. The lowest BCUT2D eigenvalue weighted by molar-refractivity contribution is -0.143. The summed E-state index contributed by atoms with van der Waals surface area (Å²) in [5.74, 6) is -8.79. The Hall–Kier alpha value is -5.63. The molecule has 6 atom stereocenters. The van der Waals surface area contributed by atoms with E-state index in [1.807, 2.05) is 13.8 Å². The van der Waals surface area contributed by atoms with Crippen molar-refractivity contribution in [3.63, 3.8) is 0 Å². The average molecular weight is 805 g/mol. The molecule has 1 aliphatic heterocycles. The Kier molecular flexibility index (Phi) is 20.1. The predicted octanol–water partition coefficient (Wildman–Crippen LogP) is -1.80. The van der Waals surface area contributed by atoms with Gasteiger partial charge in [-0.05, 0) is 63.0 Å². The van der Waals surface area contributed by atoms with Gasteiger partial charge in [-0.3, -0.25) is 38.4 Å². The number of likely N-dealkylation sites (tertiary alicyclic amines) is 1. The number of nitrogens with zero attached hydrogens (tertiary/aromatic N) is 1. The minimum absolute atomic E-state index is 0.0149. The zero-order valence-corrected chi connectivity index (χ0v) is 32.2. The molecule has 20 nitrogen and oxygen atoms in total. The molecule has 0 bridgehead atoms. The van der Waals surface area contributed by atoms with Gasteiger partial charge >= 0.3 is 17.9 Å². The van der Waals surface area contributed by atoms with Crippen molar-refractivity contribution in [1.82, 2.24) is 31.5 Å². The molecule has 1 aliphatic rings. The van der Waals surface area contributed by atoms with Crippen molar-refractivity contribution in [3.8, 4) is 0 Å². The molecule has 6 unspecified atom stereocenters. The van der Waals surface area contributed by atoms with Crippen LogP contribution in [0.3, 0.4) is 0 Å². The molecule has 1 fully saturated rings. The highest BCUT2D eigenvalue weighted by Gasteiger charge is 2.37. The molecule has 0 aliphatic carbocycles. The topological polar surface area (TPSA) is 330 Å². The SMILES string of the molecule is CC(C)CC(NC(=O)C(Cc1ccccc1)NC(=O)C(CCCCN)NC(=O)C1CCCN1C(=O)CNC(=O)C(CC(=O)O)NC(=O)C(N)CCC(=O)O)C(=O)O. The summed E-state index contributed by atoms with van der Waals surface area (Å²) in [7, 11) is 0. The molecule has 57 heavy (non-hydrogen) atoms. The number of nitrogens with two attached hydrogens (primary N) is 2. The Morgan fingerprint density at radius 3 is 2.00 bits per heavy atom. The van der Waals surface area contributed by atoms with Crippen LogP contribution in [0.5, 0.6) is 0 Å². The molecule has 1 heterocycles. The average Bonchev–Trinajstić information content (AvgIpc) is 3.65. The molecule has 0 radical (unpaired) electrons. The number of hydrogen-bond acceptors (Lipinski definition) is 11. The summed E-state index contributed by atoms with van der Waals surface area (Å²) in [6.45, 7) is 3.36. The largest absolute Gasteiger partial charge is 0.481 e. The number of aliphatic carboxylic acids is 3. The molecule has 6 amide bonds. The molecule has 0 saturated carbocycles. The first-order chi connectivity index (χ1) is 26.9. The number of carbonyl (C=O) groups excluding carboxylic acids is 6. The second kappa shape index (κ2) is 24.1. The third kappa shape index (κ3) is 17.0. The number of benzene rings is 1. The Labute approximate surface area is 330 Å². The number of hydrogen-bond donors (Lipinski definition) is 10. The van der Waals surface area contributed by atoms with Crippen LogP contribution in [0.4, 0.5) is 0 Å². The predicted molar refractivity (Wildman–Crippen MR) is 203 cm³/mol. The van der Waals surface area contributed by atoms with E-state index < -0.39 is 109 Å². The Balaban J connectivity index is 2.19. The number of amides is 6. The Bertz CT molecular complexity index is 1580. The van der Waals surface area contributed by atoms with Crippen molar-refractivity contribution < 1.29 is 58.5 Å². The smallest absolute Gasteiger partial charge is 0.326 e. The molecule has 316 valence electrons. The van der Waals surface area contributed by atoms with Crippen LogP contribution in [0.1, 0.15) is 77.2 Å². The zero-order valence-electron chi connectivity index (χ0n) is 32.2. The number of carbonyl (C=O) groups is 9. The van der Waals surface area contributed by atoms with E-state index in [1.54, 1.807) is 30.3 Å². The maximum Gasteiger partial charge on any atom is 0.326 e. The maximum atomic E-state index is 13.8. The highest BCUT2D eigenvalue weighted by Crippen LogP contribution is 2.18. The molecule has 12 N–H and O–H groups in total. The standard InChI is InChI=1S/C37H56N8O12/c1-21(2)17-27(37(56)57)44-35(54)25(18-22-9-4-3-5-10-22)43-34(53)24(11-6-7-15-38)41-36(55)28-12-8-16-45(28)29(46)20-40-33(52)26(19-31(49)50)42-32(51)23(39)13-14-30(47)48/h3-5,9-10,21,23-28H,6-8,11-20,38-39H2,1-2H3,(H,40,52)(H,41,55)(H,42,51)(H,43,53)(H,44,54)(H,47,48)(H,49,50)(H,56,57). The zero-order chi connectivity index (χ0) is 42.7. The molecule has 0 aromatic heterocycles. The van der Waals surface area contributed by atoms with E-state index in [0.717, 1.165) is 0 Å². The van der Waals surface area contributed by atoms with Crippen molar-refractivity contribution >= 4 is 53.4 Å². The van der Waals surface area contributed by atoms with Gasteiger partial charge in [0.1, 0.15) is 30.2 Å². The quantitative estimate of drug-likeness (QED) is 0.0488. The van der Waals surface area contributed by atoms with E-state index in [1.165, 1.54) is 4.90 Å². The van der Waals surface area contributed by atoms with Crippen LogP contribution in [0.25, 0.3) is 0 Å². The van der Waals surface area contributed by atoms with Gasteiger partial charge in [0.05, 0.1) is 19.0 Å². The Morgan fingerprint density at radius 2 is 1.40 bits per heavy atom. The van der Waals surface area contributed by atoms with E-state index in [9.17, 15) is 53.4 Å². The first-order valence-corrected chi connectivity index (χ1v) is 18.9. The van der Waals surface area contributed by atoms with Gasteiger partial charge in [0.25, 0.3) is 0 Å². The third-order valence-corrected chi connectivity index (χ3v) is 9.12. The van der Waals surface area contributed by atoms with Crippen LogP contribution in [0, 0.1) is 5.92 Å². The lowest BCUT2D eigenvalue weighted by atomic mass is 10.0. The lowest BCUT2D eigenvalue weighted by Crippen LogP contribution is -2.58. The van der Waals surface area contributed by atoms with Crippen LogP contribution in [-0.2, 0) is 49.6 Å². The summed E-state index contributed by atoms with van der Waals surface area (Å²) in [6, 6.07) is 1.09. The minimum Gasteiger partial charge on any atom is -0.481 e. The summed E-state index contributed by atoms with van der Waals surface area (Å²) >= 11 is 0. The maximum absolute atomic E-state index is 13.8. The number of unbranched alkanes of at least 4 members (excludes halogenated alkanes) is 1. The minimum atomic E-state index is -1.65. The highest BCUT2D eigenvalue weighted by atomic mass is 16.4. The first kappa shape index (κ1) is 47.5. The number of carboxylic acids is 3. The molecule has 20 heteroatoms. The van der Waals surface area contributed by atoms with Crippen LogP contribution in [-0.4, -0.2) is 129 Å². The molecule has 2 rings (SSSR count). The molecule has 1 saturated heterocycles. The van der Waals surface area contributed by atoms with Gasteiger partial charge in [0.15, 0.2) is 0 Å². The monoisotopic (exact) mass is 804 g/mol.